The van der Waals surface area contributed by atoms with Gasteiger partial charge >= 0.3 is 0 Å². The van der Waals surface area contributed by atoms with Crippen molar-refractivity contribution in [2.45, 2.75) is 32.4 Å². The van der Waals surface area contributed by atoms with E-state index >= 15 is 0 Å². The molecule has 0 amide bonds. The molecule has 15 heavy (non-hydrogen) atoms. The molecule has 1 unspecified atom stereocenters. The normalized spacial score (nSPS) is 18.3. The summed E-state index contributed by atoms with van der Waals surface area (Å²) in [6.07, 6.45) is 2.78. The zero-order chi connectivity index (χ0) is 10.7. The third-order valence-electron chi connectivity index (χ3n) is 2.89. The van der Waals surface area contributed by atoms with Crippen LogP contribution < -0.4 is 0 Å². The third-order valence-corrected chi connectivity index (χ3v) is 4.24. The Labute approximate surface area is 102 Å². The highest BCUT2D eigenvalue weighted by molar-refractivity contribution is 7.80. The van der Waals surface area contributed by atoms with Crippen LogP contribution in [0.1, 0.15) is 25.3 Å². The van der Waals surface area contributed by atoms with Crippen molar-refractivity contribution < 1.29 is 0 Å². The monoisotopic (exact) mass is 241 g/mol. The molecular weight excluding hydrogens is 222 g/mol. The first-order valence-electron chi connectivity index (χ1n) is 5.65. The second kappa shape index (κ2) is 5.37. The molecule has 1 aromatic heterocycles. The van der Waals surface area contributed by atoms with E-state index in [9.17, 15) is 0 Å². The quantitative estimate of drug-likeness (QED) is 0.748. The van der Waals surface area contributed by atoms with E-state index in [0.29, 0.717) is 5.92 Å². The van der Waals surface area contributed by atoms with Crippen LogP contribution in [0.25, 0.3) is 0 Å². The first-order chi connectivity index (χ1) is 7.29. The van der Waals surface area contributed by atoms with Crippen molar-refractivity contribution in [1.82, 2.24) is 4.90 Å². The van der Waals surface area contributed by atoms with Gasteiger partial charge in [-0.15, -0.1) is 0 Å². The van der Waals surface area contributed by atoms with Crippen molar-refractivity contribution in [3.05, 3.63) is 22.4 Å². The molecule has 0 aliphatic heterocycles. The lowest BCUT2D eigenvalue weighted by Gasteiger charge is -2.24. The van der Waals surface area contributed by atoms with Gasteiger partial charge in [-0.05, 0) is 46.9 Å². The molecule has 3 heteroatoms. The van der Waals surface area contributed by atoms with Crippen LogP contribution in [-0.2, 0) is 6.54 Å². The van der Waals surface area contributed by atoms with Crippen molar-refractivity contribution in [2.24, 2.45) is 5.92 Å². The van der Waals surface area contributed by atoms with Crippen molar-refractivity contribution in [1.29, 1.82) is 0 Å². The number of thiol groups is 1. The zero-order valence-corrected chi connectivity index (χ0v) is 10.9. The van der Waals surface area contributed by atoms with Crippen LogP contribution in [0.5, 0.6) is 0 Å². The minimum atomic E-state index is 0.701. The molecule has 0 saturated heterocycles. The molecule has 1 atom stereocenters. The van der Waals surface area contributed by atoms with Gasteiger partial charge in [0, 0.05) is 19.1 Å². The number of hydrogen-bond donors (Lipinski definition) is 1. The Morgan fingerprint density at radius 1 is 1.60 bits per heavy atom. The van der Waals surface area contributed by atoms with Gasteiger partial charge in [-0.1, -0.05) is 6.92 Å². The minimum Gasteiger partial charge on any atom is -0.296 e. The molecule has 1 heterocycles. The average molecular weight is 241 g/mol. The highest BCUT2D eigenvalue weighted by atomic mass is 32.1. The van der Waals surface area contributed by atoms with E-state index in [0.717, 1.165) is 18.3 Å². The van der Waals surface area contributed by atoms with Crippen molar-refractivity contribution in [3.63, 3.8) is 0 Å². The highest BCUT2D eigenvalue weighted by Gasteiger charge is 2.29. The molecular formula is C12H19NS2. The van der Waals surface area contributed by atoms with Crippen LogP contribution in [0, 0.1) is 5.92 Å². The SMILES string of the molecule is CC(CS)CN(Cc1ccsc1)C1CC1. The van der Waals surface area contributed by atoms with Crippen molar-refractivity contribution in [2.75, 3.05) is 12.3 Å². The van der Waals surface area contributed by atoms with Crippen molar-refractivity contribution >= 4 is 24.0 Å². The molecule has 0 radical (unpaired) electrons. The Morgan fingerprint density at radius 2 is 2.40 bits per heavy atom. The van der Waals surface area contributed by atoms with Crippen LogP contribution in [0.4, 0.5) is 0 Å². The second-order valence-electron chi connectivity index (χ2n) is 4.58. The maximum absolute atomic E-state index is 4.37. The smallest absolute Gasteiger partial charge is 0.0245 e. The molecule has 1 saturated carbocycles. The molecule has 1 fully saturated rings. The summed E-state index contributed by atoms with van der Waals surface area (Å²) in [6.45, 7) is 4.62. The fraction of sp³-hybridized carbons (Fsp3) is 0.667. The fourth-order valence-corrected chi connectivity index (χ4v) is 2.63. The van der Waals surface area contributed by atoms with Crippen LogP contribution in [0.15, 0.2) is 16.8 Å². The lowest BCUT2D eigenvalue weighted by atomic mass is 10.2. The Morgan fingerprint density at radius 3 is 2.93 bits per heavy atom. The summed E-state index contributed by atoms with van der Waals surface area (Å²) >= 11 is 6.16. The average Bonchev–Trinajstić information content (AvgIpc) is 2.97. The van der Waals surface area contributed by atoms with Crippen molar-refractivity contribution in [3.8, 4) is 0 Å². The van der Waals surface area contributed by atoms with E-state index in [1.54, 1.807) is 11.3 Å². The summed E-state index contributed by atoms with van der Waals surface area (Å²) in [5, 5.41) is 4.43. The molecule has 0 aromatic carbocycles. The first kappa shape index (κ1) is 11.5. The van der Waals surface area contributed by atoms with Gasteiger partial charge in [-0.25, -0.2) is 0 Å². The van der Waals surface area contributed by atoms with E-state index in [1.807, 2.05) is 0 Å². The molecule has 84 valence electrons. The first-order valence-corrected chi connectivity index (χ1v) is 7.23. The summed E-state index contributed by atoms with van der Waals surface area (Å²) in [5.41, 5.74) is 1.47. The Kier molecular flexibility index (Phi) is 4.12. The van der Waals surface area contributed by atoms with Gasteiger partial charge in [-0.3, -0.25) is 4.90 Å². The number of rotatable bonds is 6. The van der Waals surface area contributed by atoms with E-state index < -0.39 is 0 Å². The van der Waals surface area contributed by atoms with Crippen LogP contribution in [0.3, 0.4) is 0 Å². The van der Waals surface area contributed by atoms with Gasteiger partial charge in [-0.2, -0.15) is 24.0 Å². The molecule has 1 nitrogen and oxygen atoms in total. The topological polar surface area (TPSA) is 3.24 Å². The molecule has 0 bridgehead atoms. The summed E-state index contributed by atoms with van der Waals surface area (Å²) in [7, 11) is 0. The standard InChI is InChI=1S/C12H19NS2/c1-10(8-14)6-13(12-2-3-12)7-11-4-5-15-9-11/h4-5,9-10,12,14H,2-3,6-8H2,1H3. The van der Waals surface area contributed by atoms with E-state index in [4.69, 9.17) is 0 Å². The molecule has 0 spiro atoms. The lowest BCUT2D eigenvalue weighted by Crippen LogP contribution is -2.30. The summed E-state index contributed by atoms with van der Waals surface area (Å²) < 4.78 is 0. The molecule has 1 aliphatic carbocycles. The van der Waals surface area contributed by atoms with E-state index in [1.165, 1.54) is 24.9 Å². The van der Waals surface area contributed by atoms with Gasteiger partial charge < -0.3 is 0 Å². The largest absolute Gasteiger partial charge is 0.296 e. The van der Waals surface area contributed by atoms with E-state index in [-0.39, 0.29) is 0 Å². The summed E-state index contributed by atoms with van der Waals surface area (Å²) in [4.78, 5) is 2.63. The zero-order valence-electron chi connectivity index (χ0n) is 9.22. The minimum absolute atomic E-state index is 0.701. The number of thiophene rings is 1. The molecule has 1 aliphatic rings. The third kappa shape index (κ3) is 3.51. The van der Waals surface area contributed by atoms with Crippen LogP contribution in [0.2, 0.25) is 0 Å². The maximum Gasteiger partial charge on any atom is 0.0245 e. The lowest BCUT2D eigenvalue weighted by molar-refractivity contribution is 0.228. The maximum atomic E-state index is 4.37. The number of nitrogens with zero attached hydrogens (tertiary/aromatic N) is 1. The van der Waals surface area contributed by atoms with Gasteiger partial charge in [0.05, 0.1) is 0 Å². The summed E-state index contributed by atoms with van der Waals surface area (Å²) in [6, 6.07) is 3.10. The summed E-state index contributed by atoms with van der Waals surface area (Å²) in [5.74, 6) is 1.69. The predicted molar refractivity (Wildman–Crippen MR) is 70.8 cm³/mol. The van der Waals surface area contributed by atoms with Gasteiger partial charge in [0.1, 0.15) is 0 Å². The Bertz CT molecular complexity index is 280. The molecule has 2 rings (SSSR count). The Hall–Kier alpha value is 0.01000. The molecule has 0 N–H and O–H groups in total. The van der Waals surface area contributed by atoms with Crippen LogP contribution in [-0.4, -0.2) is 23.2 Å². The van der Waals surface area contributed by atoms with Gasteiger partial charge in [0.15, 0.2) is 0 Å². The van der Waals surface area contributed by atoms with Crippen LogP contribution >= 0.6 is 24.0 Å². The second-order valence-corrected chi connectivity index (χ2v) is 5.73. The highest BCUT2D eigenvalue weighted by Crippen LogP contribution is 2.29. The predicted octanol–water partition coefficient (Wildman–Crippen LogP) is 3.28. The fourth-order valence-electron chi connectivity index (χ4n) is 1.86. The van der Waals surface area contributed by atoms with E-state index in [2.05, 4.69) is 41.3 Å². The van der Waals surface area contributed by atoms with Gasteiger partial charge in [0.2, 0.25) is 0 Å². The Balaban J connectivity index is 1.88. The molecule has 1 aromatic rings. The van der Waals surface area contributed by atoms with Gasteiger partial charge in [0.25, 0.3) is 0 Å². The number of hydrogen-bond acceptors (Lipinski definition) is 3.